The molecule has 1 aromatic rings. The molecule has 1 saturated heterocycles. The Morgan fingerprint density at radius 3 is 3.00 bits per heavy atom. The molecular formula is C15H22N4O2. The minimum absolute atomic E-state index is 0.00532. The first-order valence-electron chi connectivity index (χ1n) is 7.36. The van der Waals surface area contributed by atoms with Crippen LogP contribution in [0.25, 0.3) is 0 Å². The largest absolute Gasteiger partial charge is 0.370 e. The van der Waals surface area contributed by atoms with Gasteiger partial charge in [-0.1, -0.05) is 13.0 Å². The maximum Gasteiger partial charge on any atom is 0.270 e. The Morgan fingerprint density at radius 2 is 2.29 bits per heavy atom. The van der Waals surface area contributed by atoms with Gasteiger partial charge >= 0.3 is 0 Å². The first kappa shape index (κ1) is 15.3. The summed E-state index contributed by atoms with van der Waals surface area (Å²) in [5.74, 6) is 0.646. The second kappa shape index (κ2) is 7.06. The molecule has 0 aliphatic carbocycles. The molecule has 114 valence electrons. The molecule has 6 heteroatoms. The van der Waals surface area contributed by atoms with Crippen molar-refractivity contribution in [3.63, 3.8) is 0 Å². The van der Waals surface area contributed by atoms with Gasteiger partial charge in [-0.3, -0.25) is 9.59 Å². The Bertz CT molecular complexity index is 518. The molecule has 2 amide bonds. The summed E-state index contributed by atoms with van der Waals surface area (Å²) < 4.78 is 0. The van der Waals surface area contributed by atoms with E-state index in [1.165, 1.54) is 0 Å². The van der Waals surface area contributed by atoms with Gasteiger partial charge in [0.2, 0.25) is 5.91 Å². The van der Waals surface area contributed by atoms with Crippen molar-refractivity contribution in [2.75, 3.05) is 25.5 Å². The number of likely N-dealkylation sites (tertiary alicyclic amines) is 1. The third kappa shape index (κ3) is 4.18. The lowest BCUT2D eigenvalue weighted by Crippen LogP contribution is -2.48. The van der Waals surface area contributed by atoms with Crippen molar-refractivity contribution in [1.29, 1.82) is 0 Å². The molecule has 1 unspecified atom stereocenters. The van der Waals surface area contributed by atoms with Crippen LogP contribution < -0.4 is 10.6 Å². The normalized spacial score (nSPS) is 18.5. The highest BCUT2D eigenvalue weighted by atomic mass is 16.2. The molecule has 2 heterocycles. The quantitative estimate of drug-likeness (QED) is 0.856. The number of anilines is 1. The Morgan fingerprint density at radius 1 is 1.48 bits per heavy atom. The van der Waals surface area contributed by atoms with Gasteiger partial charge in [0.1, 0.15) is 11.5 Å². The highest BCUT2D eigenvalue weighted by molar-refractivity contribution is 5.93. The van der Waals surface area contributed by atoms with Crippen molar-refractivity contribution in [1.82, 2.24) is 15.2 Å². The zero-order chi connectivity index (χ0) is 15.2. The number of aromatic nitrogens is 1. The smallest absolute Gasteiger partial charge is 0.270 e. The second-order valence-corrected chi connectivity index (χ2v) is 5.32. The number of pyridine rings is 1. The third-order valence-electron chi connectivity index (χ3n) is 3.50. The predicted octanol–water partition coefficient (Wildman–Crippen LogP) is 1.25. The maximum absolute atomic E-state index is 12.2. The lowest BCUT2D eigenvalue weighted by atomic mass is 10.1. The number of piperidine rings is 1. The number of rotatable bonds is 5. The van der Waals surface area contributed by atoms with Crippen LogP contribution in [0.15, 0.2) is 18.2 Å². The van der Waals surface area contributed by atoms with E-state index in [1.54, 1.807) is 18.0 Å². The van der Waals surface area contributed by atoms with Gasteiger partial charge in [-0.25, -0.2) is 4.98 Å². The van der Waals surface area contributed by atoms with Crippen LogP contribution in [0.1, 0.15) is 36.7 Å². The summed E-state index contributed by atoms with van der Waals surface area (Å²) in [5.41, 5.74) is 0.399. The van der Waals surface area contributed by atoms with Crippen LogP contribution in [0, 0.1) is 0 Å². The van der Waals surface area contributed by atoms with Gasteiger partial charge < -0.3 is 15.5 Å². The highest BCUT2D eigenvalue weighted by Gasteiger charge is 2.24. The average molecular weight is 290 g/mol. The van der Waals surface area contributed by atoms with Gasteiger partial charge in [0.15, 0.2) is 0 Å². The molecule has 0 saturated carbocycles. The van der Waals surface area contributed by atoms with E-state index >= 15 is 0 Å². The standard InChI is InChI=1S/C15H22N4O2/c1-3-9-16-13-6-4-5-12(18-13)15(21)17-11-7-8-14(20)19(2)10-11/h4-6,11H,3,7-10H2,1-2H3,(H,16,18)(H,17,21). The number of carbonyl (C=O) groups excluding carboxylic acids is 2. The number of hydrogen-bond acceptors (Lipinski definition) is 4. The Kier molecular flexibility index (Phi) is 5.14. The number of amides is 2. The van der Waals surface area contributed by atoms with Crippen molar-refractivity contribution in [2.24, 2.45) is 0 Å². The fourth-order valence-electron chi connectivity index (χ4n) is 2.30. The zero-order valence-electron chi connectivity index (χ0n) is 12.6. The Balaban J connectivity index is 1.95. The molecule has 1 atom stereocenters. The molecule has 2 rings (SSSR count). The molecular weight excluding hydrogens is 268 g/mol. The molecule has 0 aromatic carbocycles. The Hall–Kier alpha value is -2.11. The van der Waals surface area contributed by atoms with Crippen LogP contribution >= 0.6 is 0 Å². The van der Waals surface area contributed by atoms with Gasteiger partial charge in [-0.05, 0) is 25.0 Å². The lowest BCUT2D eigenvalue weighted by molar-refractivity contribution is -0.132. The molecule has 0 bridgehead atoms. The van der Waals surface area contributed by atoms with E-state index in [-0.39, 0.29) is 17.9 Å². The van der Waals surface area contributed by atoms with E-state index in [1.807, 2.05) is 12.1 Å². The monoisotopic (exact) mass is 290 g/mol. The molecule has 0 radical (unpaired) electrons. The Labute approximate surface area is 124 Å². The van der Waals surface area contributed by atoms with Crippen molar-refractivity contribution in [3.05, 3.63) is 23.9 Å². The average Bonchev–Trinajstić information content (AvgIpc) is 2.49. The van der Waals surface area contributed by atoms with Crippen molar-refractivity contribution >= 4 is 17.6 Å². The van der Waals surface area contributed by atoms with Crippen LogP contribution in [0.3, 0.4) is 0 Å². The molecule has 1 fully saturated rings. The summed E-state index contributed by atoms with van der Waals surface area (Å²) in [6.45, 7) is 3.45. The number of nitrogens with one attached hydrogen (secondary N) is 2. The fraction of sp³-hybridized carbons (Fsp3) is 0.533. The van der Waals surface area contributed by atoms with Crippen LogP contribution in [-0.2, 0) is 4.79 Å². The van der Waals surface area contributed by atoms with Crippen LogP contribution in [0.5, 0.6) is 0 Å². The third-order valence-corrected chi connectivity index (χ3v) is 3.50. The van der Waals surface area contributed by atoms with E-state index in [9.17, 15) is 9.59 Å². The summed E-state index contributed by atoms with van der Waals surface area (Å²) in [5, 5.41) is 6.11. The SMILES string of the molecule is CCCNc1cccc(C(=O)NC2CCC(=O)N(C)C2)n1. The summed E-state index contributed by atoms with van der Waals surface area (Å²) in [6, 6.07) is 5.36. The molecule has 0 spiro atoms. The van der Waals surface area contributed by atoms with Crippen LogP contribution in [-0.4, -0.2) is 47.9 Å². The second-order valence-electron chi connectivity index (χ2n) is 5.32. The van der Waals surface area contributed by atoms with Crippen LogP contribution in [0.4, 0.5) is 5.82 Å². The first-order chi connectivity index (χ1) is 10.1. The van der Waals surface area contributed by atoms with Crippen LogP contribution in [0.2, 0.25) is 0 Å². The molecule has 6 nitrogen and oxygen atoms in total. The van der Waals surface area contributed by atoms with E-state index in [0.29, 0.717) is 30.9 Å². The fourth-order valence-corrected chi connectivity index (χ4v) is 2.30. The molecule has 21 heavy (non-hydrogen) atoms. The predicted molar refractivity (Wildman–Crippen MR) is 81.1 cm³/mol. The van der Waals surface area contributed by atoms with Crippen molar-refractivity contribution in [2.45, 2.75) is 32.2 Å². The van der Waals surface area contributed by atoms with E-state index in [2.05, 4.69) is 22.5 Å². The zero-order valence-corrected chi connectivity index (χ0v) is 12.6. The van der Waals surface area contributed by atoms with Gasteiger partial charge in [0.05, 0.1) is 0 Å². The molecule has 1 aromatic heterocycles. The van der Waals surface area contributed by atoms with E-state index in [4.69, 9.17) is 0 Å². The van der Waals surface area contributed by atoms with Gasteiger partial charge in [0.25, 0.3) is 5.91 Å². The van der Waals surface area contributed by atoms with Gasteiger partial charge in [-0.15, -0.1) is 0 Å². The van der Waals surface area contributed by atoms with Crippen molar-refractivity contribution < 1.29 is 9.59 Å². The van der Waals surface area contributed by atoms with Gasteiger partial charge in [-0.2, -0.15) is 0 Å². The lowest BCUT2D eigenvalue weighted by Gasteiger charge is -2.30. The van der Waals surface area contributed by atoms with Gasteiger partial charge in [0, 0.05) is 32.6 Å². The number of carbonyl (C=O) groups is 2. The molecule has 2 N–H and O–H groups in total. The highest BCUT2D eigenvalue weighted by Crippen LogP contribution is 2.11. The molecule has 1 aliphatic heterocycles. The summed E-state index contributed by atoms with van der Waals surface area (Å²) in [7, 11) is 1.76. The number of likely N-dealkylation sites (N-methyl/N-ethyl adjacent to an activating group) is 1. The minimum Gasteiger partial charge on any atom is -0.370 e. The van der Waals surface area contributed by atoms with E-state index < -0.39 is 0 Å². The summed E-state index contributed by atoms with van der Waals surface area (Å²) >= 11 is 0. The van der Waals surface area contributed by atoms with E-state index in [0.717, 1.165) is 13.0 Å². The topological polar surface area (TPSA) is 74.3 Å². The number of nitrogens with zero attached hydrogens (tertiary/aromatic N) is 2. The number of hydrogen-bond donors (Lipinski definition) is 2. The first-order valence-corrected chi connectivity index (χ1v) is 7.36. The summed E-state index contributed by atoms with van der Waals surface area (Å²) in [6.07, 6.45) is 2.16. The van der Waals surface area contributed by atoms with Crippen molar-refractivity contribution in [3.8, 4) is 0 Å². The summed E-state index contributed by atoms with van der Waals surface area (Å²) in [4.78, 5) is 29.6. The molecule has 1 aliphatic rings. The minimum atomic E-state index is -0.192. The maximum atomic E-state index is 12.2.